The summed E-state index contributed by atoms with van der Waals surface area (Å²) in [7, 11) is 1.87. The summed E-state index contributed by atoms with van der Waals surface area (Å²) in [6.07, 6.45) is 6.63. The summed E-state index contributed by atoms with van der Waals surface area (Å²) in [4.78, 5) is 28.5. The Morgan fingerprint density at radius 3 is 2.83 bits per heavy atom. The fourth-order valence-electron chi connectivity index (χ4n) is 4.09. The summed E-state index contributed by atoms with van der Waals surface area (Å²) < 4.78 is 0. The van der Waals surface area contributed by atoms with Crippen molar-refractivity contribution in [2.75, 3.05) is 26.7 Å². The number of nitrogens with one attached hydrogen (secondary N) is 1. The zero-order chi connectivity index (χ0) is 16.8. The van der Waals surface area contributed by atoms with Gasteiger partial charge in [-0.05, 0) is 38.1 Å². The van der Waals surface area contributed by atoms with Crippen LogP contribution >= 0.6 is 0 Å². The van der Waals surface area contributed by atoms with Gasteiger partial charge in [-0.15, -0.1) is 0 Å². The molecule has 132 valence electrons. The number of Topliss-reactive ketones (excluding diaryl/α,β-unsaturated/α-hetero) is 1. The normalized spacial score (nSPS) is 28.3. The van der Waals surface area contributed by atoms with Gasteiger partial charge in [-0.1, -0.05) is 20.3 Å². The van der Waals surface area contributed by atoms with Crippen LogP contribution in [0, 0.1) is 5.92 Å². The third-order valence-electron chi connectivity index (χ3n) is 5.30. The first-order valence-electron chi connectivity index (χ1n) is 9.32. The average Bonchev–Trinajstić information content (AvgIpc) is 2.52. The minimum Gasteiger partial charge on any atom is -0.334 e. The molecular weight excluding hydrogens is 290 g/mol. The number of ketones is 1. The molecule has 23 heavy (non-hydrogen) atoms. The second-order valence-corrected chi connectivity index (χ2v) is 7.26. The van der Waals surface area contributed by atoms with Crippen LogP contribution in [0.15, 0.2) is 0 Å². The molecule has 3 atom stereocenters. The number of hydrogen-bond donors (Lipinski definition) is 1. The summed E-state index contributed by atoms with van der Waals surface area (Å²) in [5.74, 6) is 0.817. The molecule has 1 heterocycles. The van der Waals surface area contributed by atoms with Crippen LogP contribution in [0.2, 0.25) is 0 Å². The van der Waals surface area contributed by atoms with Gasteiger partial charge in [0.2, 0.25) is 0 Å². The number of fused-ring (bicyclic) bond motifs is 1. The highest BCUT2D eigenvalue weighted by Gasteiger charge is 2.39. The van der Waals surface area contributed by atoms with Gasteiger partial charge in [0.25, 0.3) is 0 Å². The molecule has 2 amide bonds. The van der Waals surface area contributed by atoms with Crippen molar-refractivity contribution < 1.29 is 9.59 Å². The third kappa shape index (κ3) is 4.93. The SMILES string of the molecule is CCCCN(C)C(=O)N[C@H]1C[C@@H]2CC(=O)CC[C@H]2N(CCC)C1. The van der Waals surface area contributed by atoms with Gasteiger partial charge in [0.15, 0.2) is 0 Å². The Balaban J connectivity index is 1.94. The number of carbonyl (C=O) groups is 2. The molecule has 5 nitrogen and oxygen atoms in total. The second kappa shape index (κ2) is 8.67. The van der Waals surface area contributed by atoms with E-state index in [2.05, 4.69) is 24.1 Å². The molecule has 1 saturated heterocycles. The number of nitrogens with zero attached hydrogens (tertiary/aromatic N) is 2. The van der Waals surface area contributed by atoms with Crippen LogP contribution < -0.4 is 5.32 Å². The molecule has 1 aliphatic carbocycles. The van der Waals surface area contributed by atoms with Crippen LogP contribution in [0.4, 0.5) is 4.79 Å². The first-order chi connectivity index (χ1) is 11.0. The van der Waals surface area contributed by atoms with Crippen LogP contribution in [0.25, 0.3) is 0 Å². The van der Waals surface area contributed by atoms with Gasteiger partial charge in [-0.25, -0.2) is 4.79 Å². The number of urea groups is 1. The monoisotopic (exact) mass is 323 g/mol. The molecule has 0 aromatic rings. The molecule has 0 aromatic carbocycles. The van der Waals surface area contributed by atoms with E-state index < -0.39 is 0 Å². The topological polar surface area (TPSA) is 52.7 Å². The molecule has 5 heteroatoms. The van der Waals surface area contributed by atoms with Crippen molar-refractivity contribution in [3.63, 3.8) is 0 Å². The molecule has 1 N–H and O–H groups in total. The van der Waals surface area contributed by atoms with Crippen molar-refractivity contribution in [2.45, 2.75) is 70.9 Å². The highest BCUT2D eigenvalue weighted by Crippen LogP contribution is 2.34. The third-order valence-corrected chi connectivity index (χ3v) is 5.30. The molecule has 0 bridgehead atoms. The number of piperidine rings is 1. The van der Waals surface area contributed by atoms with Crippen LogP contribution in [0.5, 0.6) is 0 Å². The smallest absolute Gasteiger partial charge is 0.317 e. The van der Waals surface area contributed by atoms with E-state index in [1.165, 1.54) is 0 Å². The molecule has 2 aliphatic rings. The van der Waals surface area contributed by atoms with Gasteiger partial charge in [0, 0.05) is 45.1 Å². The first kappa shape index (κ1) is 18.2. The van der Waals surface area contributed by atoms with Crippen LogP contribution in [-0.4, -0.2) is 60.4 Å². The molecule has 0 unspecified atom stereocenters. The highest BCUT2D eigenvalue weighted by atomic mass is 16.2. The van der Waals surface area contributed by atoms with E-state index in [1.807, 2.05) is 7.05 Å². The standard InChI is InChI=1S/C18H33N3O2/c1-4-6-10-20(3)18(23)19-15-11-14-12-16(22)7-8-17(14)21(13-15)9-5-2/h14-15,17H,4-13H2,1-3H3,(H,19,23)/t14-,15+,17-/m1/s1. The fraction of sp³-hybridized carbons (Fsp3) is 0.889. The minimum absolute atomic E-state index is 0.0282. The Kier molecular flexibility index (Phi) is 6.88. The molecule has 1 aliphatic heterocycles. The number of unbranched alkanes of at least 4 members (excludes halogenated alkanes) is 1. The Morgan fingerprint density at radius 1 is 1.35 bits per heavy atom. The lowest BCUT2D eigenvalue weighted by Crippen LogP contribution is -2.58. The zero-order valence-electron chi connectivity index (χ0n) is 15.0. The fourth-order valence-corrected chi connectivity index (χ4v) is 4.09. The number of hydrogen-bond acceptors (Lipinski definition) is 3. The van der Waals surface area contributed by atoms with E-state index in [0.717, 1.165) is 58.2 Å². The molecular formula is C18H33N3O2. The van der Waals surface area contributed by atoms with Crippen molar-refractivity contribution in [1.82, 2.24) is 15.1 Å². The van der Waals surface area contributed by atoms with E-state index in [0.29, 0.717) is 24.2 Å². The second-order valence-electron chi connectivity index (χ2n) is 7.26. The summed E-state index contributed by atoms with van der Waals surface area (Å²) in [6, 6.07) is 0.740. The average molecular weight is 323 g/mol. The molecule has 2 rings (SSSR count). The van der Waals surface area contributed by atoms with Gasteiger partial charge in [-0.3, -0.25) is 9.69 Å². The number of carbonyl (C=O) groups excluding carboxylic acids is 2. The van der Waals surface area contributed by atoms with Crippen molar-refractivity contribution in [2.24, 2.45) is 5.92 Å². The maximum absolute atomic E-state index is 12.3. The summed E-state index contributed by atoms with van der Waals surface area (Å²) in [5.41, 5.74) is 0. The van der Waals surface area contributed by atoms with Gasteiger partial charge in [0.05, 0.1) is 0 Å². The van der Waals surface area contributed by atoms with Gasteiger partial charge >= 0.3 is 6.03 Å². The van der Waals surface area contributed by atoms with E-state index in [4.69, 9.17) is 0 Å². The van der Waals surface area contributed by atoms with Crippen molar-refractivity contribution in [3.05, 3.63) is 0 Å². The van der Waals surface area contributed by atoms with Gasteiger partial charge < -0.3 is 10.2 Å². The first-order valence-corrected chi connectivity index (χ1v) is 9.32. The van der Waals surface area contributed by atoms with Crippen LogP contribution in [0.3, 0.4) is 0 Å². The lowest BCUT2D eigenvalue weighted by molar-refractivity contribution is -0.124. The largest absolute Gasteiger partial charge is 0.334 e. The maximum Gasteiger partial charge on any atom is 0.317 e. The quantitative estimate of drug-likeness (QED) is 0.817. The van der Waals surface area contributed by atoms with Crippen molar-refractivity contribution in [1.29, 1.82) is 0 Å². The van der Waals surface area contributed by atoms with Crippen LogP contribution in [-0.2, 0) is 4.79 Å². The minimum atomic E-state index is 0.0282. The van der Waals surface area contributed by atoms with E-state index in [9.17, 15) is 9.59 Å². The lowest BCUT2D eigenvalue weighted by atomic mass is 9.76. The molecule has 0 spiro atoms. The summed E-state index contributed by atoms with van der Waals surface area (Å²) in [6.45, 7) is 7.13. The zero-order valence-corrected chi connectivity index (χ0v) is 15.0. The maximum atomic E-state index is 12.3. The molecule has 1 saturated carbocycles. The number of rotatable bonds is 6. The predicted molar refractivity (Wildman–Crippen MR) is 92.5 cm³/mol. The summed E-state index contributed by atoms with van der Waals surface area (Å²) in [5, 5.41) is 3.20. The van der Waals surface area contributed by atoms with E-state index in [-0.39, 0.29) is 12.1 Å². The van der Waals surface area contributed by atoms with E-state index in [1.54, 1.807) is 4.90 Å². The predicted octanol–water partition coefficient (Wildman–Crippen LogP) is 2.65. The lowest BCUT2D eigenvalue weighted by Gasteiger charge is -2.47. The van der Waals surface area contributed by atoms with Crippen LogP contribution in [0.1, 0.15) is 58.8 Å². The Hall–Kier alpha value is -1.10. The number of likely N-dealkylation sites (tertiary alicyclic amines) is 1. The number of amides is 2. The van der Waals surface area contributed by atoms with Gasteiger partial charge in [-0.2, -0.15) is 0 Å². The molecule has 2 fully saturated rings. The van der Waals surface area contributed by atoms with E-state index >= 15 is 0 Å². The Bertz CT molecular complexity index is 413. The Morgan fingerprint density at radius 2 is 2.13 bits per heavy atom. The van der Waals surface area contributed by atoms with Crippen molar-refractivity contribution in [3.8, 4) is 0 Å². The highest BCUT2D eigenvalue weighted by molar-refractivity contribution is 5.79. The van der Waals surface area contributed by atoms with Gasteiger partial charge in [0.1, 0.15) is 5.78 Å². The summed E-state index contributed by atoms with van der Waals surface area (Å²) >= 11 is 0. The Labute approximate surface area is 140 Å². The van der Waals surface area contributed by atoms with Crippen molar-refractivity contribution >= 4 is 11.8 Å². The molecule has 0 radical (unpaired) electrons. The molecule has 0 aromatic heterocycles.